The number of carbonyl (C=O) groups is 2. The molecule has 0 spiro atoms. The Morgan fingerprint density at radius 2 is 1.96 bits per heavy atom. The number of rotatable bonds is 5. The molecule has 5 heteroatoms. The van der Waals surface area contributed by atoms with Crippen molar-refractivity contribution in [2.75, 3.05) is 18.0 Å². The molecule has 1 aliphatic heterocycles. The van der Waals surface area contributed by atoms with Crippen molar-refractivity contribution in [1.29, 1.82) is 0 Å². The number of nitrogens with one attached hydrogen (secondary N) is 1. The third kappa shape index (κ3) is 4.07. The van der Waals surface area contributed by atoms with Gasteiger partial charge < -0.3 is 10.2 Å². The summed E-state index contributed by atoms with van der Waals surface area (Å²) in [5.41, 5.74) is 3.91. The van der Waals surface area contributed by atoms with Crippen LogP contribution in [0, 0.1) is 19.8 Å². The monoisotopic (exact) mass is 370 g/mol. The summed E-state index contributed by atoms with van der Waals surface area (Å²) in [5, 5.41) is 3.51. The van der Waals surface area contributed by atoms with E-state index in [-0.39, 0.29) is 24.2 Å². The summed E-state index contributed by atoms with van der Waals surface area (Å²) in [7, 11) is 0. The highest BCUT2D eigenvalue weighted by Gasteiger charge is 2.36. The molecule has 1 unspecified atom stereocenters. The van der Waals surface area contributed by atoms with Gasteiger partial charge in [0.15, 0.2) is 0 Å². The first-order valence-electron chi connectivity index (χ1n) is 8.84. The summed E-state index contributed by atoms with van der Waals surface area (Å²) in [6.45, 7) is 4.85. The highest BCUT2D eigenvalue weighted by Crippen LogP contribution is 2.35. The highest BCUT2D eigenvalue weighted by atomic mass is 35.5. The average molecular weight is 371 g/mol. The van der Waals surface area contributed by atoms with Gasteiger partial charge in [-0.05, 0) is 43.0 Å². The second-order valence-electron chi connectivity index (χ2n) is 6.84. The summed E-state index contributed by atoms with van der Waals surface area (Å²) >= 11 is 6.36. The molecule has 136 valence electrons. The lowest BCUT2D eigenvalue weighted by Gasteiger charge is -2.21. The van der Waals surface area contributed by atoms with E-state index in [4.69, 9.17) is 11.6 Å². The molecule has 0 aromatic heterocycles. The molecule has 1 saturated heterocycles. The van der Waals surface area contributed by atoms with Crippen LogP contribution >= 0.6 is 11.6 Å². The molecule has 3 rings (SSSR count). The average Bonchev–Trinajstić information content (AvgIpc) is 2.97. The number of halogens is 1. The Labute approximate surface area is 159 Å². The van der Waals surface area contributed by atoms with E-state index in [2.05, 4.69) is 5.32 Å². The SMILES string of the molecule is Cc1cc(C)c(N2CC(C(=O)NCCc3ccccc3)CC2=O)c(Cl)c1. The van der Waals surface area contributed by atoms with E-state index in [0.717, 1.165) is 23.2 Å². The van der Waals surface area contributed by atoms with Crippen LogP contribution in [-0.4, -0.2) is 24.9 Å². The van der Waals surface area contributed by atoms with Crippen LogP contribution in [0.15, 0.2) is 42.5 Å². The van der Waals surface area contributed by atoms with Gasteiger partial charge in [0.1, 0.15) is 0 Å². The normalized spacial score (nSPS) is 16.8. The van der Waals surface area contributed by atoms with E-state index in [1.807, 2.05) is 56.3 Å². The molecule has 0 saturated carbocycles. The summed E-state index contributed by atoms with van der Waals surface area (Å²) in [4.78, 5) is 26.6. The minimum atomic E-state index is -0.338. The molecule has 1 atom stereocenters. The van der Waals surface area contributed by atoms with Crippen molar-refractivity contribution in [3.63, 3.8) is 0 Å². The molecule has 26 heavy (non-hydrogen) atoms. The molecule has 2 aromatic carbocycles. The Morgan fingerprint density at radius 3 is 2.65 bits per heavy atom. The van der Waals surface area contributed by atoms with Gasteiger partial charge in [-0.3, -0.25) is 9.59 Å². The highest BCUT2D eigenvalue weighted by molar-refractivity contribution is 6.34. The smallest absolute Gasteiger partial charge is 0.227 e. The zero-order valence-electron chi connectivity index (χ0n) is 15.1. The standard InChI is InChI=1S/C21H23ClN2O2/c1-14-10-15(2)20(18(22)11-14)24-13-17(12-19(24)25)21(26)23-9-8-16-6-4-3-5-7-16/h3-7,10-11,17H,8-9,12-13H2,1-2H3,(H,23,26). The van der Waals surface area contributed by atoms with Crippen molar-refractivity contribution >= 4 is 29.1 Å². The number of hydrogen-bond donors (Lipinski definition) is 1. The molecule has 0 bridgehead atoms. The van der Waals surface area contributed by atoms with Gasteiger partial charge in [0.05, 0.1) is 16.6 Å². The zero-order chi connectivity index (χ0) is 18.7. The van der Waals surface area contributed by atoms with Gasteiger partial charge in [0.25, 0.3) is 0 Å². The molecule has 0 radical (unpaired) electrons. The Hall–Kier alpha value is -2.33. The topological polar surface area (TPSA) is 49.4 Å². The fourth-order valence-electron chi connectivity index (χ4n) is 3.47. The summed E-state index contributed by atoms with van der Waals surface area (Å²) in [5.74, 6) is -0.463. The fraction of sp³-hybridized carbons (Fsp3) is 0.333. The maximum absolute atomic E-state index is 12.5. The minimum Gasteiger partial charge on any atom is -0.355 e. The van der Waals surface area contributed by atoms with Crippen LogP contribution in [-0.2, 0) is 16.0 Å². The molecule has 1 N–H and O–H groups in total. The second kappa shape index (κ2) is 7.92. The van der Waals surface area contributed by atoms with Gasteiger partial charge in [-0.15, -0.1) is 0 Å². The maximum atomic E-state index is 12.5. The van der Waals surface area contributed by atoms with Crippen LogP contribution in [0.5, 0.6) is 0 Å². The maximum Gasteiger partial charge on any atom is 0.227 e. The summed E-state index contributed by atoms with van der Waals surface area (Å²) in [6, 6.07) is 13.9. The fourth-order valence-corrected chi connectivity index (χ4v) is 3.89. The molecule has 0 aliphatic carbocycles. The van der Waals surface area contributed by atoms with Gasteiger partial charge in [-0.1, -0.05) is 48.0 Å². The van der Waals surface area contributed by atoms with Crippen molar-refractivity contribution in [1.82, 2.24) is 5.32 Å². The molecular weight excluding hydrogens is 348 g/mol. The molecule has 1 fully saturated rings. The quantitative estimate of drug-likeness (QED) is 0.873. The molecular formula is C21H23ClN2O2. The molecule has 2 aromatic rings. The van der Waals surface area contributed by atoms with Crippen molar-refractivity contribution in [3.8, 4) is 0 Å². The molecule has 2 amide bonds. The van der Waals surface area contributed by atoms with E-state index >= 15 is 0 Å². The number of hydrogen-bond acceptors (Lipinski definition) is 2. The lowest BCUT2D eigenvalue weighted by Crippen LogP contribution is -2.34. The Morgan fingerprint density at radius 1 is 1.23 bits per heavy atom. The van der Waals surface area contributed by atoms with E-state index in [9.17, 15) is 9.59 Å². The van der Waals surface area contributed by atoms with Crippen LogP contribution < -0.4 is 10.2 Å². The first-order valence-corrected chi connectivity index (χ1v) is 9.22. The van der Waals surface area contributed by atoms with Crippen LogP contribution in [0.2, 0.25) is 5.02 Å². The first-order chi connectivity index (χ1) is 12.5. The van der Waals surface area contributed by atoms with Gasteiger partial charge in [-0.25, -0.2) is 0 Å². The van der Waals surface area contributed by atoms with E-state index in [1.54, 1.807) is 4.90 Å². The van der Waals surface area contributed by atoms with Crippen LogP contribution in [0.3, 0.4) is 0 Å². The van der Waals surface area contributed by atoms with Crippen molar-refractivity contribution < 1.29 is 9.59 Å². The van der Waals surface area contributed by atoms with Crippen molar-refractivity contribution in [2.45, 2.75) is 26.7 Å². The number of nitrogens with zero attached hydrogens (tertiary/aromatic N) is 1. The van der Waals surface area contributed by atoms with Crippen molar-refractivity contribution in [3.05, 3.63) is 64.2 Å². The Balaban J connectivity index is 1.61. The van der Waals surface area contributed by atoms with Crippen LogP contribution in [0.25, 0.3) is 0 Å². The van der Waals surface area contributed by atoms with Gasteiger partial charge in [-0.2, -0.15) is 0 Å². The molecule has 1 aliphatic rings. The van der Waals surface area contributed by atoms with Crippen LogP contribution in [0.1, 0.15) is 23.1 Å². The Kier molecular flexibility index (Phi) is 5.62. The number of amides is 2. The first kappa shape index (κ1) is 18.5. The Bertz CT molecular complexity index is 797. The van der Waals surface area contributed by atoms with Crippen LogP contribution in [0.4, 0.5) is 5.69 Å². The summed E-state index contributed by atoms with van der Waals surface area (Å²) in [6.07, 6.45) is 1.00. The van der Waals surface area contributed by atoms with E-state index < -0.39 is 0 Å². The van der Waals surface area contributed by atoms with E-state index in [0.29, 0.717) is 18.1 Å². The van der Waals surface area contributed by atoms with Gasteiger partial charge in [0, 0.05) is 19.5 Å². The lowest BCUT2D eigenvalue weighted by atomic mass is 10.1. The summed E-state index contributed by atoms with van der Waals surface area (Å²) < 4.78 is 0. The van der Waals surface area contributed by atoms with Gasteiger partial charge in [0.2, 0.25) is 11.8 Å². The molecule has 4 nitrogen and oxygen atoms in total. The van der Waals surface area contributed by atoms with Crippen molar-refractivity contribution in [2.24, 2.45) is 5.92 Å². The third-order valence-corrected chi connectivity index (χ3v) is 5.01. The number of anilines is 1. The zero-order valence-corrected chi connectivity index (χ0v) is 15.8. The largest absolute Gasteiger partial charge is 0.355 e. The second-order valence-corrected chi connectivity index (χ2v) is 7.25. The number of benzene rings is 2. The minimum absolute atomic E-state index is 0.0536. The van der Waals surface area contributed by atoms with Gasteiger partial charge >= 0.3 is 0 Å². The third-order valence-electron chi connectivity index (χ3n) is 4.72. The predicted molar refractivity (Wildman–Crippen MR) is 105 cm³/mol. The number of carbonyl (C=O) groups excluding carboxylic acids is 2. The predicted octanol–water partition coefficient (Wildman–Crippen LogP) is 3.67. The molecule has 1 heterocycles. The number of aryl methyl sites for hydroxylation is 2. The lowest BCUT2D eigenvalue weighted by molar-refractivity contribution is -0.126. The van der Waals surface area contributed by atoms with E-state index in [1.165, 1.54) is 5.56 Å².